The molecular formula is C21H27N3O5. The fraction of sp³-hybridized carbons (Fsp3) is 0.476. The second-order valence-electron chi connectivity index (χ2n) is 6.84. The molecule has 0 radical (unpaired) electrons. The molecule has 1 N–H and O–H groups in total. The molecule has 156 valence electrons. The molecule has 8 heteroatoms. The first-order valence-corrected chi connectivity index (χ1v) is 9.84. The summed E-state index contributed by atoms with van der Waals surface area (Å²) in [4.78, 5) is 23.9. The van der Waals surface area contributed by atoms with E-state index in [0.29, 0.717) is 39.0 Å². The van der Waals surface area contributed by atoms with Crippen LogP contribution in [0.3, 0.4) is 0 Å². The van der Waals surface area contributed by atoms with E-state index in [2.05, 4.69) is 10.4 Å². The van der Waals surface area contributed by atoms with Gasteiger partial charge in [-0.3, -0.25) is 14.3 Å². The van der Waals surface area contributed by atoms with E-state index in [9.17, 15) is 9.59 Å². The number of carbonyl (C=O) groups is 2. The quantitative estimate of drug-likeness (QED) is 0.509. The molecule has 2 aromatic rings. The maximum Gasteiger partial charge on any atom is 0.309 e. The van der Waals surface area contributed by atoms with Gasteiger partial charge in [0.25, 0.3) is 0 Å². The number of methoxy groups -OCH3 is 1. The average Bonchev–Trinajstić information content (AvgIpc) is 3.14. The molecule has 29 heavy (non-hydrogen) atoms. The van der Waals surface area contributed by atoms with Gasteiger partial charge in [-0.2, -0.15) is 5.10 Å². The zero-order valence-electron chi connectivity index (χ0n) is 16.8. The molecule has 0 saturated carbocycles. The number of esters is 1. The number of ether oxygens (including phenoxy) is 3. The molecule has 0 saturated heterocycles. The molecule has 1 aromatic carbocycles. The Kier molecular flexibility index (Phi) is 7.10. The number of nitrogens with zero attached hydrogens (tertiary/aromatic N) is 2. The Labute approximate surface area is 170 Å². The number of benzene rings is 1. The van der Waals surface area contributed by atoms with Crippen molar-refractivity contribution < 1.29 is 23.8 Å². The van der Waals surface area contributed by atoms with Crippen LogP contribution in [0.4, 0.5) is 0 Å². The highest BCUT2D eigenvalue weighted by atomic mass is 16.5. The molecule has 1 aliphatic rings. The van der Waals surface area contributed by atoms with E-state index < -0.39 is 0 Å². The summed E-state index contributed by atoms with van der Waals surface area (Å²) in [5.41, 5.74) is 2.03. The minimum atomic E-state index is -0.186. The Hall–Kier alpha value is -3.03. The standard InChI is InChI=1S/C21H27N3O5/c1-3-28-17-5-7-18(8-6-17)29-11-10-22-20(25)14-24-19-9-4-15(21(26)27-2)12-16(19)13-23-24/h5-8,13,15H,3-4,9-12,14H2,1-2H3,(H,22,25)/t15-/m1/s1. The number of amides is 1. The smallest absolute Gasteiger partial charge is 0.309 e. The SMILES string of the molecule is CCOc1ccc(OCCNC(=O)Cn2ncc3c2CC[C@@H](C(=O)OC)C3)cc1. The van der Waals surface area contributed by atoms with E-state index in [0.717, 1.165) is 22.8 Å². The van der Waals surface area contributed by atoms with Gasteiger partial charge in [-0.25, -0.2) is 0 Å². The van der Waals surface area contributed by atoms with Crippen LogP contribution in [0, 0.1) is 5.92 Å². The number of fused-ring (bicyclic) bond motifs is 1. The molecule has 0 fully saturated rings. The van der Waals surface area contributed by atoms with Crippen molar-refractivity contribution >= 4 is 11.9 Å². The minimum Gasteiger partial charge on any atom is -0.494 e. The second kappa shape index (κ2) is 9.95. The highest BCUT2D eigenvalue weighted by molar-refractivity contribution is 5.76. The van der Waals surface area contributed by atoms with Crippen LogP contribution in [0.2, 0.25) is 0 Å². The van der Waals surface area contributed by atoms with Crippen molar-refractivity contribution in [2.45, 2.75) is 32.7 Å². The molecule has 1 atom stereocenters. The van der Waals surface area contributed by atoms with Gasteiger partial charge in [0.05, 0.1) is 32.4 Å². The van der Waals surface area contributed by atoms with Gasteiger partial charge in [-0.15, -0.1) is 0 Å². The van der Waals surface area contributed by atoms with E-state index in [4.69, 9.17) is 14.2 Å². The van der Waals surface area contributed by atoms with Crippen molar-refractivity contribution in [3.8, 4) is 11.5 Å². The lowest BCUT2D eigenvalue weighted by Gasteiger charge is -2.20. The van der Waals surface area contributed by atoms with Gasteiger partial charge < -0.3 is 19.5 Å². The molecule has 0 spiro atoms. The zero-order valence-corrected chi connectivity index (χ0v) is 16.8. The lowest BCUT2D eigenvalue weighted by Crippen LogP contribution is -2.32. The first-order valence-electron chi connectivity index (χ1n) is 9.84. The zero-order chi connectivity index (χ0) is 20.6. The number of hydrogen-bond acceptors (Lipinski definition) is 6. The summed E-state index contributed by atoms with van der Waals surface area (Å²) < 4.78 is 17.6. The van der Waals surface area contributed by atoms with Crippen LogP contribution < -0.4 is 14.8 Å². The van der Waals surface area contributed by atoms with E-state index in [1.54, 1.807) is 10.9 Å². The molecule has 1 aliphatic carbocycles. The predicted molar refractivity (Wildman–Crippen MR) is 106 cm³/mol. The Morgan fingerprint density at radius 1 is 1.21 bits per heavy atom. The van der Waals surface area contributed by atoms with Crippen molar-refractivity contribution in [3.63, 3.8) is 0 Å². The van der Waals surface area contributed by atoms with E-state index in [1.807, 2.05) is 31.2 Å². The van der Waals surface area contributed by atoms with Gasteiger partial charge in [0.1, 0.15) is 24.7 Å². The number of carbonyl (C=O) groups excluding carboxylic acids is 2. The largest absolute Gasteiger partial charge is 0.494 e. The molecule has 1 aromatic heterocycles. The van der Waals surface area contributed by atoms with Crippen LogP contribution in [0.5, 0.6) is 11.5 Å². The number of hydrogen-bond donors (Lipinski definition) is 1. The van der Waals surface area contributed by atoms with Crippen molar-refractivity contribution in [3.05, 3.63) is 41.7 Å². The molecule has 0 unspecified atom stereocenters. The summed E-state index contributed by atoms with van der Waals surface area (Å²) >= 11 is 0. The Morgan fingerprint density at radius 3 is 2.62 bits per heavy atom. The molecule has 1 amide bonds. The molecule has 1 heterocycles. The molecule has 8 nitrogen and oxygen atoms in total. The summed E-state index contributed by atoms with van der Waals surface area (Å²) in [6, 6.07) is 7.38. The fourth-order valence-corrected chi connectivity index (χ4v) is 3.44. The highest BCUT2D eigenvalue weighted by Gasteiger charge is 2.28. The van der Waals surface area contributed by atoms with Crippen LogP contribution in [-0.4, -0.2) is 48.5 Å². The van der Waals surface area contributed by atoms with Gasteiger partial charge in [-0.05, 0) is 56.0 Å². The van der Waals surface area contributed by atoms with E-state index >= 15 is 0 Å². The van der Waals surface area contributed by atoms with Crippen LogP contribution in [0.15, 0.2) is 30.5 Å². The number of aromatic nitrogens is 2. The number of nitrogens with one attached hydrogen (secondary N) is 1. The summed E-state index contributed by atoms with van der Waals surface area (Å²) in [6.45, 7) is 3.49. The first kappa shape index (κ1) is 20.7. The van der Waals surface area contributed by atoms with Crippen LogP contribution >= 0.6 is 0 Å². The molecule has 0 aliphatic heterocycles. The summed E-state index contributed by atoms with van der Waals surface area (Å²) in [6.07, 6.45) is 3.78. The van der Waals surface area contributed by atoms with Crippen molar-refractivity contribution in [1.82, 2.24) is 15.1 Å². The minimum absolute atomic E-state index is 0.124. The summed E-state index contributed by atoms with van der Waals surface area (Å²) in [5.74, 6) is 1.09. The van der Waals surface area contributed by atoms with Gasteiger partial charge in [0.15, 0.2) is 0 Å². The van der Waals surface area contributed by atoms with Gasteiger partial charge in [-0.1, -0.05) is 0 Å². The lowest BCUT2D eigenvalue weighted by atomic mass is 9.88. The van der Waals surface area contributed by atoms with Crippen molar-refractivity contribution in [2.24, 2.45) is 5.92 Å². The monoisotopic (exact) mass is 401 g/mol. The van der Waals surface area contributed by atoms with E-state index in [1.165, 1.54) is 7.11 Å². The van der Waals surface area contributed by atoms with Crippen LogP contribution in [-0.2, 0) is 33.7 Å². The molecule has 0 bridgehead atoms. The van der Waals surface area contributed by atoms with Crippen molar-refractivity contribution in [2.75, 3.05) is 26.9 Å². The van der Waals surface area contributed by atoms with Gasteiger partial charge in [0, 0.05) is 5.69 Å². The summed E-state index contributed by atoms with van der Waals surface area (Å²) in [5, 5.41) is 7.16. The molecular weight excluding hydrogens is 374 g/mol. The third-order valence-corrected chi connectivity index (χ3v) is 4.89. The topological polar surface area (TPSA) is 91.7 Å². The highest BCUT2D eigenvalue weighted by Crippen LogP contribution is 2.26. The van der Waals surface area contributed by atoms with E-state index in [-0.39, 0.29) is 24.3 Å². The third kappa shape index (κ3) is 5.49. The average molecular weight is 401 g/mol. The normalized spacial score (nSPS) is 15.3. The maximum absolute atomic E-state index is 12.2. The Bertz CT molecular complexity index is 831. The van der Waals surface area contributed by atoms with Gasteiger partial charge >= 0.3 is 5.97 Å². The lowest BCUT2D eigenvalue weighted by molar-refractivity contribution is -0.145. The fourth-order valence-electron chi connectivity index (χ4n) is 3.44. The predicted octanol–water partition coefficient (Wildman–Crippen LogP) is 1.75. The van der Waals surface area contributed by atoms with Gasteiger partial charge in [0.2, 0.25) is 5.91 Å². The van der Waals surface area contributed by atoms with Crippen LogP contribution in [0.25, 0.3) is 0 Å². The Balaban J connectivity index is 1.41. The van der Waals surface area contributed by atoms with Crippen molar-refractivity contribution in [1.29, 1.82) is 0 Å². The third-order valence-electron chi connectivity index (χ3n) is 4.89. The second-order valence-corrected chi connectivity index (χ2v) is 6.84. The number of rotatable bonds is 9. The Morgan fingerprint density at radius 2 is 1.93 bits per heavy atom. The maximum atomic E-state index is 12.2. The first-order chi connectivity index (χ1) is 14.1. The summed E-state index contributed by atoms with van der Waals surface area (Å²) in [7, 11) is 1.41. The molecule has 3 rings (SSSR count). The van der Waals surface area contributed by atoms with Crippen LogP contribution in [0.1, 0.15) is 24.6 Å².